The fraction of sp³-hybridized carbons (Fsp3) is 0. The van der Waals surface area contributed by atoms with Crippen molar-refractivity contribution in [2.24, 2.45) is 0 Å². The topological polar surface area (TPSA) is 35.6 Å². The molecule has 16 rings (SSSR count). The summed E-state index contributed by atoms with van der Waals surface area (Å²) < 4.78 is 4.80. The minimum atomic E-state index is 0.648. The third-order valence-electron chi connectivity index (χ3n) is 15.2. The highest BCUT2D eigenvalue weighted by Crippen LogP contribution is 2.49. The van der Waals surface area contributed by atoms with Crippen molar-refractivity contribution in [2.75, 3.05) is 0 Å². The zero-order valence-corrected chi connectivity index (χ0v) is 37.7. The first-order chi connectivity index (χ1) is 34.7. The van der Waals surface area contributed by atoms with Gasteiger partial charge in [-0.1, -0.05) is 176 Å². The van der Waals surface area contributed by atoms with Crippen LogP contribution in [0.1, 0.15) is 0 Å². The molecule has 3 heterocycles. The highest BCUT2D eigenvalue weighted by molar-refractivity contribution is 6.41. The van der Waals surface area contributed by atoms with Gasteiger partial charge < -0.3 is 4.57 Å². The third kappa shape index (κ3) is 5.19. The molecule has 322 valence electrons. The molecule has 4 heteroatoms. The number of rotatable bonds is 4. The van der Waals surface area contributed by atoms with Crippen LogP contribution in [0.25, 0.3) is 153 Å². The van der Waals surface area contributed by atoms with E-state index >= 15 is 0 Å². The second kappa shape index (κ2) is 14.1. The molecule has 0 spiro atoms. The van der Waals surface area contributed by atoms with E-state index in [2.05, 4.69) is 240 Å². The maximum atomic E-state index is 5.61. The van der Waals surface area contributed by atoms with Gasteiger partial charge in [-0.3, -0.25) is 4.57 Å². The summed E-state index contributed by atoms with van der Waals surface area (Å²) in [5.41, 5.74) is 11.0. The maximum Gasteiger partial charge on any atom is 0.235 e. The van der Waals surface area contributed by atoms with E-state index in [4.69, 9.17) is 9.97 Å². The molecule has 0 saturated carbocycles. The molecular weight excluding hydrogens is 849 g/mol. The Hall–Kier alpha value is -9.38. The summed E-state index contributed by atoms with van der Waals surface area (Å²) in [5, 5.41) is 20.8. The van der Waals surface area contributed by atoms with E-state index in [0.29, 0.717) is 5.95 Å². The molecule has 13 aromatic carbocycles. The highest BCUT2D eigenvalue weighted by Gasteiger charge is 2.25. The Morgan fingerprint density at radius 3 is 1.49 bits per heavy atom. The Kier molecular flexibility index (Phi) is 7.58. The van der Waals surface area contributed by atoms with Gasteiger partial charge in [0.2, 0.25) is 5.95 Å². The molecule has 0 amide bonds. The Morgan fingerprint density at radius 2 is 0.771 bits per heavy atom. The number of para-hydroxylation sites is 3. The number of hydrogen-bond donors (Lipinski definition) is 0. The lowest BCUT2D eigenvalue weighted by Gasteiger charge is -2.17. The molecule has 0 fully saturated rings. The van der Waals surface area contributed by atoms with Gasteiger partial charge in [0.1, 0.15) is 0 Å². The number of fused-ring (bicyclic) bond motifs is 13. The average molecular weight is 887 g/mol. The summed E-state index contributed by atoms with van der Waals surface area (Å²) >= 11 is 0. The molecule has 16 aromatic rings. The molecule has 0 N–H and O–H groups in total. The van der Waals surface area contributed by atoms with Gasteiger partial charge >= 0.3 is 0 Å². The van der Waals surface area contributed by atoms with Crippen molar-refractivity contribution in [3.05, 3.63) is 231 Å². The molecule has 0 aliphatic rings. The van der Waals surface area contributed by atoms with Gasteiger partial charge in [-0.15, -0.1) is 0 Å². The molecule has 3 aromatic heterocycles. The van der Waals surface area contributed by atoms with Crippen LogP contribution in [-0.2, 0) is 0 Å². The van der Waals surface area contributed by atoms with Crippen molar-refractivity contribution in [2.45, 2.75) is 0 Å². The van der Waals surface area contributed by atoms with Gasteiger partial charge in [-0.05, 0) is 130 Å². The minimum Gasteiger partial charge on any atom is -0.309 e. The first kappa shape index (κ1) is 37.7. The summed E-state index contributed by atoms with van der Waals surface area (Å²) in [5.74, 6) is 0.648. The molecular formula is C66H38N4. The van der Waals surface area contributed by atoms with E-state index in [1.807, 2.05) is 0 Å². The third-order valence-corrected chi connectivity index (χ3v) is 15.2. The van der Waals surface area contributed by atoms with Crippen molar-refractivity contribution in [1.29, 1.82) is 0 Å². The quantitative estimate of drug-likeness (QED) is 0.130. The van der Waals surface area contributed by atoms with Crippen LogP contribution in [0.15, 0.2) is 231 Å². The van der Waals surface area contributed by atoms with Crippen LogP contribution in [0.4, 0.5) is 0 Å². The Labute approximate surface area is 400 Å². The molecule has 0 unspecified atom stereocenters. The minimum absolute atomic E-state index is 0.648. The number of benzene rings is 13. The zero-order chi connectivity index (χ0) is 45.6. The summed E-state index contributed by atoms with van der Waals surface area (Å²) in [4.78, 5) is 11.0. The fourth-order valence-electron chi connectivity index (χ4n) is 12.1. The van der Waals surface area contributed by atoms with Crippen LogP contribution in [0.5, 0.6) is 0 Å². The summed E-state index contributed by atoms with van der Waals surface area (Å²) in [6, 6.07) is 84.4. The smallest absolute Gasteiger partial charge is 0.235 e. The first-order valence-corrected chi connectivity index (χ1v) is 24.1. The van der Waals surface area contributed by atoms with E-state index in [9.17, 15) is 0 Å². The number of hydrogen-bond acceptors (Lipinski definition) is 2. The predicted octanol–water partition coefficient (Wildman–Crippen LogP) is 17.5. The molecule has 0 radical (unpaired) electrons. The van der Waals surface area contributed by atoms with E-state index in [1.54, 1.807) is 0 Å². The Morgan fingerprint density at radius 1 is 0.257 bits per heavy atom. The van der Waals surface area contributed by atoms with Crippen LogP contribution in [0.2, 0.25) is 0 Å². The Bertz CT molecular complexity index is 4880. The van der Waals surface area contributed by atoms with Crippen molar-refractivity contribution < 1.29 is 0 Å². The molecule has 0 aliphatic carbocycles. The average Bonchev–Trinajstić information content (AvgIpc) is 3.94. The molecule has 0 atom stereocenters. The van der Waals surface area contributed by atoms with Crippen LogP contribution >= 0.6 is 0 Å². The van der Waals surface area contributed by atoms with Gasteiger partial charge in [-0.2, -0.15) is 0 Å². The van der Waals surface area contributed by atoms with Crippen molar-refractivity contribution in [1.82, 2.24) is 19.1 Å². The molecule has 70 heavy (non-hydrogen) atoms. The van der Waals surface area contributed by atoms with Crippen LogP contribution in [0.3, 0.4) is 0 Å². The van der Waals surface area contributed by atoms with Gasteiger partial charge in [0, 0.05) is 38.2 Å². The number of aromatic nitrogens is 4. The van der Waals surface area contributed by atoms with Gasteiger partial charge in [0.25, 0.3) is 0 Å². The van der Waals surface area contributed by atoms with Crippen LogP contribution in [-0.4, -0.2) is 19.1 Å². The van der Waals surface area contributed by atoms with Crippen molar-refractivity contribution in [3.63, 3.8) is 0 Å². The van der Waals surface area contributed by atoms with E-state index in [0.717, 1.165) is 38.9 Å². The zero-order valence-electron chi connectivity index (χ0n) is 37.7. The second-order valence-electron chi connectivity index (χ2n) is 18.9. The molecule has 0 bridgehead atoms. The van der Waals surface area contributed by atoms with Crippen LogP contribution < -0.4 is 0 Å². The second-order valence-corrected chi connectivity index (χ2v) is 18.9. The molecule has 0 saturated heterocycles. The van der Waals surface area contributed by atoms with E-state index in [1.165, 1.54) is 108 Å². The largest absolute Gasteiger partial charge is 0.309 e. The lowest BCUT2D eigenvalue weighted by atomic mass is 9.87. The van der Waals surface area contributed by atoms with Crippen molar-refractivity contribution in [3.8, 4) is 34.0 Å². The fourth-order valence-corrected chi connectivity index (χ4v) is 12.1. The lowest BCUT2D eigenvalue weighted by Crippen LogP contribution is -2.03. The standard InChI is InChI=1S/C66H38N4/c1-2-14-39(15-3-1)42-28-29-44-35-45(31-30-43(44)34-42)65-49-18-6-9-25-56(49)67-66(68-65)70-58-27-11-8-20-51(58)64-53-24-13-22-48-47-21-12-23-52-61(47)54(55(62(48)53)38-60(64)70)37-59-63(52)50-19-7-10-26-57(50)69(59)46-33-32-40-16-4-5-17-41(40)36-46/h1-38H. The summed E-state index contributed by atoms with van der Waals surface area (Å²) in [6.07, 6.45) is 0. The van der Waals surface area contributed by atoms with E-state index in [-0.39, 0.29) is 0 Å². The maximum absolute atomic E-state index is 5.61. The molecule has 0 aliphatic heterocycles. The summed E-state index contributed by atoms with van der Waals surface area (Å²) in [7, 11) is 0. The highest BCUT2D eigenvalue weighted by atomic mass is 15.2. The normalized spacial score (nSPS) is 12.3. The summed E-state index contributed by atoms with van der Waals surface area (Å²) in [6.45, 7) is 0. The number of nitrogens with zero attached hydrogens (tertiary/aromatic N) is 4. The van der Waals surface area contributed by atoms with Crippen LogP contribution in [0, 0.1) is 0 Å². The SMILES string of the molecule is c1ccc(-c2ccc3cc(-c4nc(-n5c6ccccc6c6c7cccc8c9cccc%10c9c(cc9c%10c%10ccccc%10n9-c9ccc%10ccccc%10c9)c(cc65)c87)nc5ccccc45)ccc3c2)cc1. The monoisotopic (exact) mass is 886 g/mol. The Balaban J connectivity index is 1.00. The van der Waals surface area contributed by atoms with Gasteiger partial charge in [0.15, 0.2) is 0 Å². The molecule has 4 nitrogen and oxygen atoms in total. The lowest BCUT2D eigenvalue weighted by molar-refractivity contribution is 1.01. The van der Waals surface area contributed by atoms with E-state index < -0.39 is 0 Å². The first-order valence-electron chi connectivity index (χ1n) is 24.1. The van der Waals surface area contributed by atoms with Crippen molar-refractivity contribution >= 4 is 119 Å². The van der Waals surface area contributed by atoms with Gasteiger partial charge in [-0.25, -0.2) is 9.97 Å². The van der Waals surface area contributed by atoms with Gasteiger partial charge in [0.05, 0.1) is 33.3 Å². The predicted molar refractivity (Wildman–Crippen MR) is 295 cm³/mol.